The number of hydrogen-bond donors (Lipinski definition) is 2. The van der Waals surface area contributed by atoms with Crippen molar-refractivity contribution in [3.63, 3.8) is 0 Å². The van der Waals surface area contributed by atoms with Crippen molar-refractivity contribution in [2.24, 2.45) is 0 Å². The fourth-order valence-corrected chi connectivity index (χ4v) is 2.90. The van der Waals surface area contributed by atoms with Crippen molar-refractivity contribution in [3.05, 3.63) is 45.9 Å². The third-order valence-corrected chi connectivity index (χ3v) is 4.29. The Morgan fingerprint density at radius 3 is 2.83 bits per heavy atom. The summed E-state index contributed by atoms with van der Waals surface area (Å²) in [6.07, 6.45) is 3.56. The normalized spacial score (nSPS) is 18.4. The van der Waals surface area contributed by atoms with Crippen LogP contribution < -0.4 is 5.69 Å². The summed E-state index contributed by atoms with van der Waals surface area (Å²) in [6.45, 7) is 5.45. The zero-order chi connectivity index (χ0) is 16.4. The van der Waals surface area contributed by atoms with E-state index < -0.39 is 0 Å². The first-order chi connectivity index (χ1) is 11.0. The first-order valence-corrected chi connectivity index (χ1v) is 7.94. The van der Waals surface area contributed by atoms with Gasteiger partial charge in [0.25, 0.3) is 5.91 Å². The van der Waals surface area contributed by atoms with Crippen molar-refractivity contribution in [3.8, 4) is 0 Å². The van der Waals surface area contributed by atoms with E-state index >= 15 is 0 Å². The molecule has 1 atom stereocenters. The van der Waals surface area contributed by atoms with Crippen LogP contribution in [0.1, 0.15) is 60.4 Å². The van der Waals surface area contributed by atoms with Crippen molar-refractivity contribution in [2.45, 2.75) is 38.5 Å². The number of piperidine rings is 1. The van der Waals surface area contributed by atoms with Gasteiger partial charge in [-0.25, -0.2) is 9.89 Å². The second-order valence-corrected chi connectivity index (χ2v) is 6.28. The van der Waals surface area contributed by atoms with Gasteiger partial charge < -0.3 is 4.90 Å². The lowest BCUT2D eigenvalue weighted by Crippen LogP contribution is -2.39. The standard InChI is InChI=1S/C16H21N5O2/c1-10(2)11-5-6-13(17-8-11)15(22)21-7-3-4-12(9-21)14-18-16(23)20-19-14/h5-6,8,10,12H,3-4,7,9H2,1-2H3,(H2,18,19,20,23). The van der Waals surface area contributed by atoms with Crippen LogP contribution in [-0.4, -0.2) is 44.1 Å². The topological polar surface area (TPSA) is 94.7 Å². The molecule has 7 nitrogen and oxygen atoms in total. The average molecular weight is 315 g/mol. The smallest absolute Gasteiger partial charge is 0.337 e. The van der Waals surface area contributed by atoms with E-state index in [0.717, 1.165) is 18.4 Å². The highest BCUT2D eigenvalue weighted by molar-refractivity contribution is 5.92. The Bertz CT molecular complexity index is 731. The first-order valence-electron chi connectivity index (χ1n) is 7.94. The van der Waals surface area contributed by atoms with Crippen molar-refractivity contribution >= 4 is 5.91 Å². The summed E-state index contributed by atoms with van der Waals surface area (Å²) < 4.78 is 0. The van der Waals surface area contributed by atoms with E-state index in [2.05, 4.69) is 34.0 Å². The van der Waals surface area contributed by atoms with Gasteiger partial charge in [-0.05, 0) is 30.4 Å². The van der Waals surface area contributed by atoms with Crippen LogP contribution in [0.3, 0.4) is 0 Å². The summed E-state index contributed by atoms with van der Waals surface area (Å²) in [5, 5.41) is 6.37. The van der Waals surface area contributed by atoms with Crippen LogP contribution in [0.4, 0.5) is 0 Å². The Morgan fingerprint density at radius 1 is 1.39 bits per heavy atom. The number of nitrogens with zero attached hydrogens (tertiary/aromatic N) is 3. The highest BCUT2D eigenvalue weighted by atomic mass is 16.2. The molecule has 0 saturated carbocycles. The zero-order valence-corrected chi connectivity index (χ0v) is 13.4. The SMILES string of the molecule is CC(C)c1ccc(C(=O)N2CCCC(c3n[nH]c(=O)[nH]3)C2)nc1. The zero-order valence-electron chi connectivity index (χ0n) is 13.4. The van der Waals surface area contributed by atoms with Crippen LogP contribution in [-0.2, 0) is 0 Å². The molecule has 1 saturated heterocycles. The number of likely N-dealkylation sites (tertiary alicyclic amines) is 1. The third-order valence-electron chi connectivity index (χ3n) is 4.29. The van der Waals surface area contributed by atoms with E-state index in [4.69, 9.17) is 0 Å². The molecule has 2 aromatic rings. The maximum absolute atomic E-state index is 12.6. The number of carbonyl (C=O) groups excluding carboxylic acids is 1. The number of H-pyrrole nitrogens is 2. The van der Waals surface area contributed by atoms with Crippen molar-refractivity contribution in [1.29, 1.82) is 0 Å². The Hall–Kier alpha value is -2.44. The molecule has 0 bridgehead atoms. The average Bonchev–Trinajstić information content (AvgIpc) is 3.01. The summed E-state index contributed by atoms with van der Waals surface area (Å²) in [6, 6.07) is 3.75. The van der Waals surface area contributed by atoms with Gasteiger partial charge in [-0.1, -0.05) is 19.9 Å². The Morgan fingerprint density at radius 2 is 2.22 bits per heavy atom. The lowest BCUT2D eigenvalue weighted by Gasteiger charge is -2.31. The molecular weight excluding hydrogens is 294 g/mol. The molecule has 2 aromatic heterocycles. The number of carbonyl (C=O) groups is 1. The van der Waals surface area contributed by atoms with Gasteiger partial charge in [-0.2, -0.15) is 5.10 Å². The van der Waals surface area contributed by atoms with Gasteiger partial charge in [-0.3, -0.25) is 14.8 Å². The summed E-state index contributed by atoms with van der Waals surface area (Å²) >= 11 is 0. The van der Waals surface area contributed by atoms with Gasteiger partial charge in [0.15, 0.2) is 0 Å². The maximum Gasteiger partial charge on any atom is 0.340 e. The van der Waals surface area contributed by atoms with E-state index in [1.807, 2.05) is 6.07 Å². The predicted molar refractivity (Wildman–Crippen MR) is 85.4 cm³/mol. The van der Waals surface area contributed by atoms with E-state index in [1.165, 1.54) is 0 Å². The largest absolute Gasteiger partial charge is 0.340 e. The molecule has 0 radical (unpaired) electrons. The second-order valence-electron chi connectivity index (χ2n) is 6.28. The number of pyridine rings is 1. The van der Waals surface area contributed by atoms with Crippen molar-refractivity contribution < 1.29 is 4.79 Å². The minimum Gasteiger partial charge on any atom is -0.337 e. The molecule has 0 aliphatic carbocycles. The van der Waals surface area contributed by atoms with Crippen LogP contribution in [0, 0.1) is 0 Å². The van der Waals surface area contributed by atoms with Crippen LogP contribution in [0.2, 0.25) is 0 Å². The van der Waals surface area contributed by atoms with Crippen LogP contribution in [0.5, 0.6) is 0 Å². The number of rotatable bonds is 3. The number of amides is 1. The molecule has 1 fully saturated rings. The minimum absolute atomic E-state index is 0.0570. The quantitative estimate of drug-likeness (QED) is 0.900. The fourth-order valence-electron chi connectivity index (χ4n) is 2.90. The molecule has 3 heterocycles. The van der Waals surface area contributed by atoms with Crippen LogP contribution >= 0.6 is 0 Å². The summed E-state index contributed by atoms with van der Waals surface area (Å²) in [5.41, 5.74) is 1.27. The Labute approximate surface area is 134 Å². The number of hydrogen-bond acceptors (Lipinski definition) is 4. The number of aromatic nitrogens is 4. The minimum atomic E-state index is -0.311. The molecule has 0 spiro atoms. The molecule has 1 amide bonds. The van der Waals surface area contributed by atoms with Crippen molar-refractivity contribution in [1.82, 2.24) is 25.1 Å². The fraction of sp³-hybridized carbons (Fsp3) is 0.500. The van der Waals surface area contributed by atoms with Gasteiger partial charge in [0, 0.05) is 25.2 Å². The molecule has 23 heavy (non-hydrogen) atoms. The lowest BCUT2D eigenvalue weighted by molar-refractivity contribution is 0.0698. The molecule has 1 aliphatic heterocycles. The first kappa shape index (κ1) is 15.5. The Balaban J connectivity index is 1.72. The third kappa shape index (κ3) is 3.33. The molecule has 2 N–H and O–H groups in total. The molecule has 1 unspecified atom stereocenters. The molecule has 0 aromatic carbocycles. The Kier molecular flexibility index (Phi) is 4.27. The molecular formula is C16H21N5O2. The van der Waals surface area contributed by atoms with E-state index in [0.29, 0.717) is 30.5 Å². The van der Waals surface area contributed by atoms with Gasteiger partial charge in [0.05, 0.1) is 0 Å². The van der Waals surface area contributed by atoms with E-state index in [-0.39, 0.29) is 17.5 Å². The highest BCUT2D eigenvalue weighted by Gasteiger charge is 2.27. The van der Waals surface area contributed by atoms with E-state index in [9.17, 15) is 9.59 Å². The molecule has 7 heteroatoms. The summed E-state index contributed by atoms with van der Waals surface area (Å²) in [4.78, 5) is 32.6. The van der Waals surface area contributed by atoms with Gasteiger partial charge in [0.2, 0.25) is 0 Å². The van der Waals surface area contributed by atoms with Gasteiger partial charge in [0.1, 0.15) is 11.5 Å². The van der Waals surface area contributed by atoms with Gasteiger partial charge >= 0.3 is 5.69 Å². The van der Waals surface area contributed by atoms with Gasteiger partial charge in [-0.15, -0.1) is 0 Å². The van der Waals surface area contributed by atoms with Crippen molar-refractivity contribution in [2.75, 3.05) is 13.1 Å². The maximum atomic E-state index is 12.6. The molecule has 122 valence electrons. The lowest BCUT2D eigenvalue weighted by atomic mass is 9.97. The predicted octanol–water partition coefficient (Wildman–Crippen LogP) is 1.64. The van der Waals surface area contributed by atoms with Crippen LogP contribution in [0.15, 0.2) is 23.1 Å². The number of aromatic amines is 2. The highest BCUT2D eigenvalue weighted by Crippen LogP contribution is 2.24. The second kappa shape index (κ2) is 6.36. The van der Waals surface area contributed by atoms with E-state index in [1.54, 1.807) is 17.2 Å². The number of nitrogens with one attached hydrogen (secondary N) is 2. The molecule has 3 rings (SSSR count). The van der Waals surface area contributed by atoms with Crippen LogP contribution in [0.25, 0.3) is 0 Å². The monoisotopic (exact) mass is 315 g/mol. The molecule has 1 aliphatic rings. The summed E-state index contributed by atoms with van der Waals surface area (Å²) in [5.74, 6) is 1.00. The summed E-state index contributed by atoms with van der Waals surface area (Å²) in [7, 11) is 0.